The average molecular weight is 350 g/mol. The number of hydrogen-bond donors (Lipinski definition) is 2. The summed E-state index contributed by atoms with van der Waals surface area (Å²) in [5.41, 5.74) is 3.21. The van der Waals surface area contributed by atoms with Crippen LogP contribution in [0.2, 0.25) is 0 Å². The molecular formula is C16H18N2O5S. The molecule has 2 N–H and O–H groups in total. The minimum Gasteiger partial charge on any atom is -0.497 e. The molecule has 0 unspecified atom stereocenters. The zero-order valence-electron chi connectivity index (χ0n) is 13.5. The summed E-state index contributed by atoms with van der Waals surface area (Å²) < 4.78 is 34.8. The van der Waals surface area contributed by atoms with E-state index in [0.717, 1.165) is 5.56 Å². The molecule has 0 aliphatic rings. The van der Waals surface area contributed by atoms with E-state index in [0.29, 0.717) is 5.75 Å². The molecule has 0 spiro atoms. The lowest BCUT2D eigenvalue weighted by Gasteiger charge is -2.12. The summed E-state index contributed by atoms with van der Waals surface area (Å²) in [7, 11) is -1.09. The number of carbonyl (C=O) groups excluding carboxylic acids is 1. The smallest absolute Gasteiger partial charge is 0.266 e. The van der Waals surface area contributed by atoms with Crippen LogP contribution in [0.3, 0.4) is 0 Å². The third-order valence-electron chi connectivity index (χ3n) is 3.26. The van der Waals surface area contributed by atoms with Gasteiger partial charge in [-0.3, -0.25) is 10.2 Å². The summed E-state index contributed by atoms with van der Waals surface area (Å²) in [4.78, 5) is 14.0. The van der Waals surface area contributed by atoms with Crippen LogP contribution in [0.5, 0.6) is 11.5 Å². The van der Waals surface area contributed by atoms with Crippen molar-refractivity contribution in [1.29, 1.82) is 0 Å². The largest absolute Gasteiger partial charge is 0.497 e. The molecule has 24 heavy (non-hydrogen) atoms. The molecule has 2 rings (SSSR count). The van der Waals surface area contributed by atoms with Crippen LogP contribution in [0.25, 0.3) is 0 Å². The number of amides is 1. The van der Waals surface area contributed by atoms with Gasteiger partial charge in [0.15, 0.2) is 0 Å². The lowest BCUT2D eigenvalue weighted by molar-refractivity contribution is 0.0945. The quantitative estimate of drug-likeness (QED) is 0.773. The van der Waals surface area contributed by atoms with Crippen LogP contribution >= 0.6 is 0 Å². The van der Waals surface area contributed by atoms with E-state index in [1.807, 2.05) is 0 Å². The van der Waals surface area contributed by atoms with Crippen molar-refractivity contribution in [3.8, 4) is 11.5 Å². The van der Waals surface area contributed by atoms with Crippen LogP contribution < -0.4 is 19.7 Å². The third-order valence-corrected chi connectivity index (χ3v) is 4.53. The molecule has 0 saturated heterocycles. The first-order valence-corrected chi connectivity index (χ1v) is 8.46. The molecule has 0 aromatic heterocycles. The number of rotatable bonds is 6. The van der Waals surface area contributed by atoms with Crippen LogP contribution in [0.4, 0.5) is 0 Å². The molecule has 0 heterocycles. The molecule has 2 aromatic rings. The fraction of sp³-hybridized carbons (Fsp3) is 0.188. The predicted molar refractivity (Wildman–Crippen MR) is 88.5 cm³/mol. The van der Waals surface area contributed by atoms with E-state index < -0.39 is 15.9 Å². The Hall–Kier alpha value is -2.58. The van der Waals surface area contributed by atoms with Crippen molar-refractivity contribution < 1.29 is 22.7 Å². The zero-order chi connectivity index (χ0) is 17.7. The Morgan fingerprint density at radius 1 is 1.00 bits per heavy atom. The number of nitrogens with one attached hydrogen (secondary N) is 2. The van der Waals surface area contributed by atoms with Gasteiger partial charge >= 0.3 is 0 Å². The van der Waals surface area contributed by atoms with E-state index >= 15 is 0 Å². The lowest BCUT2D eigenvalue weighted by Crippen LogP contribution is -2.41. The topological polar surface area (TPSA) is 93.7 Å². The van der Waals surface area contributed by atoms with Crippen molar-refractivity contribution in [2.75, 3.05) is 14.2 Å². The number of ether oxygens (including phenoxy) is 2. The van der Waals surface area contributed by atoms with Gasteiger partial charge in [-0.15, -0.1) is 4.83 Å². The van der Waals surface area contributed by atoms with Crippen LogP contribution in [0.1, 0.15) is 15.9 Å². The van der Waals surface area contributed by atoms with Gasteiger partial charge in [0.05, 0.1) is 14.2 Å². The maximum absolute atomic E-state index is 12.4. The Balaban J connectivity index is 2.15. The Morgan fingerprint density at radius 2 is 1.67 bits per heavy atom. The first kappa shape index (κ1) is 17.8. The fourth-order valence-electron chi connectivity index (χ4n) is 1.98. The van der Waals surface area contributed by atoms with Crippen molar-refractivity contribution in [2.24, 2.45) is 0 Å². The van der Waals surface area contributed by atoms with Gasteiger partial charge in [0, 0.05) is 5.56 Å². The second-order valence-electron chi connectivity index (χ2n) is 4.94. The molecule has 0 aliphatic heterocycles. The minimum atomic E-state index is -3.97. The van der Waals surface area contributed by atoms with Crippen molar-refractivity contribution >= 4 is 15.9 Å². The van der Waals surface area contributed by atoms with Gasteiger partial charge in [-0.2, -0.15) is 0 Å². The summed E-state index contributed by atoms with van der Waals surface area (Å²) in [5.74, 6) is 0.191. The SMILES string of the molecule is COc1ccc(C(=O)NNS(=O)(=O)c2cc(C)ccc2OC)cc1. The highest BCUT2D eigenvalue weighted by Crippen LogP contribution is 2.24. The van der Waals surface area contributed by atoms with Gasteiger partial charge in [-0.25, -0.2) is 8.42 Å². The van der Waals surface area contributed by atoms with Crippen molar-refractivity contribution in [2.45, 2.75) is 11.8 Å². The fourth-order valence-corrected chi connectivity index (χ4v) is 3.07. The highest BCUT2D eigenvalue weighted by atomic mass is 32.2. The molecule has 0 atom stereocenters. The first-order chi connectivity index (χ1) is 11.4. The second-order valence-corrected chi connectivity index (χ2v) is 6.59. The second kappa shape index (κ2) is 7.33. The molecule has 1 amide bonds. The summed E-state index contributed by atoms with van der Waals surface area (Å²) in [5, 5.41) is 0. The maximum atomic E-state index is 12.4. The number of sulfonamides is 1. The molecule has 8 heteroatoms. The maximum Gasteiger partial charge on any atom is 0.266 e. The number of aryl methyl sites for hydroxylation is 1. The van der Waals surface area contributed by atoms with Gasteiger partial charge in [0.2, 0.25) is 0 Å². The van der Waals surface area contributed by atoms with E-state index in [-0.39, 0.29) is 16.2 Å². The predicted octanol–water partition coefficient (Wildman–Crippen LogP) is 1.64. The Morgan fingerprint density at radius 3 is 2.25 bits per heavy atom. The van der Waals surface area contributed by atoms with E-state index in [2.05, 4.69) is 10.3 Å². The molecular weight excluding hydrogens is 332 g/mol. The Kier molecular flexibility index (Phi) is 5.42. The molecule has 0 radical (unpaired) electrons. The number of benzene rings is 2. The van der Waals surface area contributed by atoms with Crippen molar-refractivity contribution in [1.82, 2.24) is 10.3 Å². The minimum absolute atomic E-state index is 0.0555. The van der Waals surface area contributed by atoms with Crippen molar-refractivity contribution in [3.05, 3.63) is 53.6 Å². The van der Waals surface area contributed by atoms with Gasteiger partial charge in [0.25, 0.3) is 15.9 Å². The Labute approximate surface area is 140 Å². The molecule has 0 aliphatic carbocycles. The first-order valence-electron chi connectivity index (χ1n) is 6.98. The van der Waals surface area contributed by atoms with Gasteiger partial charge < -0.3 is 9.47 Å². The van der Waals surface area contributed by atoms with E-state index in [1.165, 1.54) is 32.4 Å². The normalized spacial score (nSPS) is 11.0. The van der Waals surface area contributed by atoms with E-state index in [1.54, 1.807) is 31.2 Å². The molecule has 2 aromatic carbocycles. The number of methoxy groups -OCH3 is 2. The summed E-state index contributed by atoms with van der Waals surface area (Å²) in [6, 6.07) is 11.0. The molecule has 7 nitrogen and oxygen atoms in total. The summed E-state index contributed by atoms with van der Waals surface area (Å²) in [6.45, 7) is 1.76. The highest BCUT2D eigenvalue weighted by molar-refractivity contribution is 7.89. The standard InChI is InChI=1S/C16H18N2O5S/c1-11-4-9-14(23-3)15(10-11)24(20,21)18-17-16(19)12-5-7-13(22-2)8-6-12/h4-10,18H,1-3H3,(H,17,19). The zero-order valence-corrected chi connectivity index (χ0v) is 14.3. The van der Waals surface area contributed by atoms with Crippen LogP contribution in [0.15, 0.2) is 47.4 Å². The van der Waals surface area contributed by atoms with Gasteiger partial charge in [-0.05, 0) is 48.9 Å². The molecule has 0 fully saturated rings. The van der Waals surface area contributed by atoms with E-state index in [9.17, 15) is 13.2 Å². The summed E-state index contributed by atoms with van der Waals surface area (Å²) in [6.07, 6.45) is 0. The van der Waals surface area contributed by atoms with Crippen LogP contribution in [-0.4, -0.2) is 28.5 Å². The van der Waals surface area contributed by atoms with Crippen LogP contribution in [-0.2, 0) is 10.0 Å². The number of carbonyl (C=O) groups is 1. The molecule has 0 saturated carbocycles. The van der Waals surface area contributed by atoms with E-state index in [4.69, 9.17) is 9.47 Å². The number of hydrazine groups is 1. The monoisotopic (exact) mass is 350 g/mol. The number of hydrogen-bond acceptors (Lipinski definition) is 5. The highest BCUT2D eigenvalue weighted by Gasteiger charge is 2.20. The van der Waals surface area contributed by atoms with Gasteiger partial charge in [0.1, 0.15) is 16.4 Å². The third kappa shape index (κ3) is 4.03. The average Bonchev–Trinajstić information content (AvgIpc) is 2.59. The lowest BCUT2D eigenvalue weighted by atomic mass is 10.2. The molecule has 0 bridgehead atoms. The molecule has 128 valence electrons. The Bertz CT molecular complexity index is 832. The van der Waals surface area contributed by atoms with Crippen molar-refractivity contribution in [3.63, 3.8) is 0 Å². The summed E-state index contributed by atoms with van der Waals surface area (Å²) >= 11 is 0. The van der Waals surface area contributed by atoms with Gasteiger partial charge in [-0.1, -0.05) is 6.07 Å². The van der Waals surface area contributed by atoms with Crippen LogP contribution in [0, 0.1) is 6.92 Å².